The molecule has 28 heavy (non-hydrogen) atoms. The van der Waals surface area contributed by atoms with Crippen LogP contribution in [0.25, 0.3) is 0 Å². The maximum Gasteiger partial charge on any atom is 0.245 e. The van der Waals surface area contributed by atoms with Gasteiger partial charge in [0.2, 0.25) is 17.7 Å². The molecule has 3 amide bonds. The van der Waals surface area contributed by atoms with Crippen LogP contribution >= 0.6 is 0 Å². The van der Waals surface area contributed by atoms with E-state index in [0.717, 1.165) is 12.8 Å². The lowest BCUT2D eigenvalue weighted by atomic mass is 9.70. The first-order valence-electron chi connectivity index (χ1n) is 10.4. The van der Waals surface area contributed by atoms with Gasteiger partial charge < -0.3 is 25.4 Å². The standard InChI is InChI=1S/C20H33N3O5/c1-5-6-9-22-18(26)16-20-8-7-13(28-20)14(17(25)21-4)15(20)19(27)23(16)12(10-24)11(2)3/h11-16,24H,5-10H2,1-4H3,(H,21,25)(H,22,26)/t12-,13-,14+,15-,16?,20?/m0/s1. The molecule has 158 valence electrons. The number of nitrogens with one attached hydrogen (secondary N) is 2. The van der Waals surface area contributed by atoms with Gasteiger partial charge in [-0.25, -0.2) is 0 Å². The predicted octanol–water partition coefficient (Wildman–Crippen LogP) is 0.0402. The highest BCUT2D eigenvalue weighted by atomic mass is 16.5. The lowest BCUT2D eigenvalue weighted by Gasteiger charge is -2.38. The molecule has 3 aliphatic rings. The Labute approximate surface area is 166 Å². The number of carbonyl (C=O) groups excluding carboxylic acids is 3. The van der Waals surface area contributed by atoms with Crippen LogP contribution in [0.15, 0.2) is 0 Å². The summed E-state index contributed by atoms with van der Waals surface area (Å²) in [6.45, 7) is 6.17. The van der Waals surface area contributed by atoms with Crippen LogP contribution in [0, 0.1) is 17.8 Å². The zero-order valence-electron chi connectivity index (χ0n) is 17.2. The number of carbonyl (C=O) groups is 3. The molecule has 0 saturated carbocycles. The van der Waals surface area contributed by atoms with Crippen molar-refractivity contribution in [3.8, 4) is 0 Å². The van der Waals surface area contributed by atoms with Gasteiger partial charge in [0.1, 0.15) is 11.6 Å². The Bertz CT molecular complexity index is 639. The fourth-order valence-corrected chi connectivity index (χ4v) is 5.32. The van der Waals surface area contributed by atoms with E-state index in [4.69, 9.17) is 4.74 Å². The number of fused-ring (bicyclic) bond motifs is 1. The number of amides is 3. The third-order valence-corrected chi connectivity index (χ3v) is 6.68. The Balaban J connectivity index is 2.01. The molecule has 0 radical (unpaired) electrons. The molecule has 0 aromatic carbocycles. The minimum atomic E-state index is -0.989. The summed E-state index contributed by atoms with van der Waals surface area (Å²) >= 11 is 0. The molecule has 2 unspecified atom stereocenters. The molecule has 0 aliphatic carbocycles. The van der Waals surface area contributed by atoms with Crippen molar-refractivity contribution in [3.63, 3.8) is 0 Å². The van der Waals surface area contributed by atoms with Gasteiger partial charge in [-0.15, -0.1) is 0 Å². The number of nitrogens with zero attached hydrogens (tertiary/aromatic N) is 1. The highest BCUT2D eigenvalue weighted by Crippen LogP contribution is 2.58. The van der Waals surface area contributed by atoms with Crippen LogP contribution in [0.1, 0.15) is 46.5 Å². The summed E-state index contributed by atoms with van der Waals surface area (Å²) in [5, 5.41) is 15.6. The van der Waals surface area contributed by atoms with Crippen molar-refractivity contribution in [3.05, 3.63) is 0 Å². The molecule has 0 aromatic rings. The van der Waals surface area contributed by atoms with E-state index in [2.05, 4.69) is 10.6 Å². The summed E-state index contributed by atoms with van der Waals surface area (Å²) in [5.74, 6) is -2.02. The number of hydrogen-bond donors (Lipinski definition) is 3. The van der Waals surface area contributed by atoms with Crippen molar-refractivity contribution in [1.29, 1.82) is 0 Å². The maximum absolute atomic E-state index is 13.5. The highest BCUT2D eigenvalue weighted by molar-refractivity contribution is 5.99. The lowest BCUT2D eigenvalue weighted by Crippen LogP contribution is -2.59. The number of unbranched alkanes of at least 4 members (excludes halogenated alkanes) is 1. The number of hydrogen-bond acceptors (Lipinski definition) is 5. The van der Waals surface area contributed by atoms with E-state index in [1.807, 2.05) is 20.8 Å². The number of likely N-dealkylation sites (tertiary alicyclic amines) is 1. The fourth-order valence-electron chi connectivity index (χ4n) is 5.32. The van der Waals surface area contributed by atoms with E-state index in [1.165, 1.54) is 4.90 Å². The topological polar surface area (TPSA) is 108 Å². The molecule has 3 fully saturated rings. The Kier molecular flexibility index (Phi) is 6.00. The minimum Gasteiger partial charge on any atom is -0.394 e. The third kappa shape index (κ3) is 3.01. The van der Waals surface area contributed by atoms with Crippen molar-refractivity contribution >= 4 is 17.7 Å². The summed E-state index contributed by atoms with van der Waals surface area (Å²) in [4.78, 5) is 40.8. The number of ether oxygens (including phenoxy) is 1. The third-order valence-electron chi connectivity index (χ3n) is 6.68. The van der Waals surface area contributed by atoms with Crippen LogP contribution in [0.3, 0.4) is 0 Å². The largest absolute Gasteiger partial charge is 0.394 e. The van der Waals surface area contributed by atoms with E-state index in [-0.39, 0.29) is 36.4 Å². The van der Waals surface area contributed by atoms with Crippen LogP contribution in [0.4, 0.5) is 0 Å². The van der Waals surface area contributed by atoms with Crippen LogP contribution in [0.2, 0.25) is 0 Å². The number of rotatable bonds is 8. The maximum atomic E-state index is 13.5. The SMILES string of the molecule is CCCCNC(=O)C1N([C@@H](CO)C(C)C)C(=O)[C@@H]2[C@H](C(=O)NC)[C@@H]3CCC12O3. The zero-order chi connectivity index (χ0) is 20.6. The van der Waals surface area contributed by atoms with Crippen molar-refractivity contribution in [2.75, 3.05) is 20.2 Å². The Hall–Kier alpha value is -1.67. The predicted molar refractivity (Wildman–Crippen MR) is 102 cm³/mol. The lowest BCUT2D eigenvalue weighted by molar-refractivity contribution is -0.146. The van der Waals surface area contributed by atoms with E-state index >= 15 is 0 Å². The van der Waals surface area contributed by atoms with Crippen LogP contribution in [0.5, 0.6) is 0 Å². The van der Waals surface area contributed by atoms with Gasteiger partial charge in [0.05, 0.1) is 30.6 Å². The highest BCUT2D eigenvalue weighted by Gasteiger charge is 2.75. The van der Waals surface area contributed by atoms with Gasteiger partial charge in [-0.1, -0.05) is 27.2 Å². The van der Waals surface area contributed by atoms with E-state index in [1.54, 1.807) is 7.05 Å². The van der Waals surface area contributed by atoms with Crippen LogP contribution < -0.4 is 10.6 Å². The van der Waals surface area contributed by atoms with Gasteiger partial charge in [0, 0.05) is 13.6 Å². The van der Waals surface area contributed by atoms with Gasteiger partial charge in [-0.05, 0) is 25.2 Å². The van der Waals surface area contributed by atoms with Crippen molar-refractivity contribution in [2.45, 2.75) is 70.2 Å². The molecular weight excluding hydrogens is 362 g/mol. The Morgan fingerprint density at radius 2 is 2.07 bits per heavy atom. The van der Waals surface area contributed by atoms with Crippen molar-refractivity contribution in [2.24, 2.45) is 17.8 Å². The summed E-state index contributed by atoms with van der Waals surface area (Å²) in [5.41, 5.74) is -0.989. The molecular formula is C20H33N3O5. The first-order chi connectivity index (χ1) is 13.3. The smallest absolute Gasteiger partial charge is 0.245 e. The first kappa shape index (κ1) is 21.0. The summed E-state index contributed by atoms with van der Waals surface area (Å²) in [6, 6.07) is -1.32. The minimum absolute atomic E-state index is 0.0363. The average Bonchev–Trinajstić information content (AvgIpc) is 3.30. The summed E-state index contributed by atoms with van der Waals surface area (Å²) in [6.07, 6.45) is 2.68. The second-order valence-corrected chi connectivity index (χ2v) is 8.55. The molecule has 6 atom stereocenters. The second-order valence-electron chi connectivity index (χ2n) is 8.55. The molecule has 1 spiro atoms. The van der Waals surface area contributed by atoms with Gasteiger partial charge in [0.15, 0.2) is 0 Å². The van der Waals surface area contributed by atoms with Gasteiger partial charge in [-0.3, -0.25) is 14.4 Å². The molecule has 3 rings (SSSR count). The molecule has 2 bridgehead atoms. The first-order valence-corrected chi connectivity index (χ1v) is 10.4. The molecule has 8 nitrogen and oxygen atoms in total. The zero-order valence-corrected chi connectivity index (χ0v) is 17.2. The molecule has 3 aliphatic heterocycles. The Morgan fingerprint density at radius 3 is 2.64 bits per heavy atom. The normalized spacial score (nSPS) is 34.6. The second kappa shape index (κ2) is 7.99. The van der Waals surface area contributed by atoms with E-state index < -0.39 is 29.5 Å². The average molecular weight is 396 g/mol. The quantitative estimate of drug-likeness (QED) is 0.503. The van der Waals surface area contributed by atoms with Crippen molar-refractivity contribution < 1.29 is 24.2 Å². The fraction of sp³-hybridized carbons (Fsp3) is 0.850. The van der Waals surface area contributed by atoms with Crippen molar-refractivity contribution in [1.82, 2.24) is 15.5 Å². The van der Waals surface area contributed by atoms with Gasteiger partial charge in [0.25, 0.3) is 0 Å². The molecule has 8 heteroatoms. The van der Waals surface area contributed by atoms with Gasteiger partial charge >= 0.3 is 0 Å². The molecule has 3 saturated heterocycles. The van der Waals surface area contributed by atoms with E-state index in [9.17, 15) is 19.5 Å². The summed E-state index contributed by atoms with van der Waals surface area (Å²) in [7, 11) is 1.55. The molecule has 0 aromatic heterocycles. The monoisotopic (exact) mass is 395 g/mol. The van der Waals surface area contributed by atoms with Crippen LogP contribution in [-0.2, 0) is 19.1 Å². The Morgan fingerprint density at radius 1 is 1.36 bits per heavy atom. The number of aliphatic hydroxyl groups is 1. The van der Waals surface area contributed by atoms with E-state index in [0.29, 0.717) is 19.4 Å². The van der Waals surface area contributed by atoms with Crippen LogP contribution in [-0.4, -0.2) is 71.7 Å². The number of aliphatic hydroxyl groups excluding tert-OH is 1. The summed E-state index contributed by atoms with van der Waals surface area (Å²) < 4.78 is 6.27. The molecule has 3 N–H and O–H groups in total. The molecule has 3 heterocycles. The van der Waals surface area contributed by atoms with Gasteiger partial charge in [-0.2, -0.15) is 0 Å².